The highest BCUT2D eigenvalue weighted by Gasteiger charge is 1.96. The molecule has 0 spiro atoms. The molecule has 0 fully saturated rings. The smallest absolute Gasteiger partial charge is 0.0166 e. The van der Waals surface area contributed by atoms with Crippen LogP contribution in [0.1, 0.15) is 113 Å². The molecule has 0 aromatic heterocycles. The number of rotatable bonds is 15. The maximum absolute atomic E-state index is 2.43. The molecule has 0 amide bonds. The molecule has 0 aromatic rings. The molecule has 0 N–H and O–H groups in total. The molecule has 0 heteroatoms. The average molecular weight is 411 g/mol. The first kappa shape index (κ1) is 28.4. The Kier molecular flexibility index (Phi) is 17.3. The number of hydrogen-bond donors (Lipinski definition) is 0. The van der Waals surface area contributed by atoms with Crippen molar-refractivity contribution in [3.05, 3.63) is 70.4 Å². The SMILES string of the molecule is CC(C)=CCC/C(C)=C\CCC(C)/C=C/C/C=C(\C)CC/C=C(\C)CCC=C(C)C. The van der Waals surface area contributed by atoms with E-state index in [-0.39, 0.29) is 0 Å². The van der Waals surface area contributed by atoms with E-state index in [2.05, 4.69) is 97.9 Å². The third-order valence-electron chi connectivity index (χ3n) is 5.40. The second kappa shape index (κ2) is 18.2. The summed E-state index contributed by atoms with van der Waals surface area (Å²) in [7, 11) is 0. The Balaban J connectivity index is 4.05. The minimum absolute atomic E-state index is 0.659. The van der Waals surface area contributed by atoms with Gasteiger partial charge in [0, 0.05) is 0 Å². The van der Waals surface area contributed by atoms with Gasteiger partial charge in [0.1, 0.15) is 0 Å². The summed E-state index contributed by atoms with van der Waals surface area (Å²) in [5.74, 6) is 0.659. The fourth-order valence-corrected chi connectivity index (χ4v) is 3.30. The van der Waals surface area contributed by atoms with Crippen molar-refractivity contribution >= 4 is 0 Å². The quantitative estimate of drug-likeness (QED) is 0.235. The summed E-state index contributed by atoms with van der Waals surface area (Å²) >= 11 is 0. The Morgan fingerprint density at radius 1 is 0.567 bits per heavy atom. The van der Waals surface area contributed by atoms with Gasteiger partial charge in [-0.25, -0.2) is 0 Å². The third kappa shape index (κ3) is 19.7. The molecule has 0 saturated heterocycles. The summed E-state index contributed by atoms with van der Waals surface area (Å²) < 4.78 is 0. The molecule has 0 aliphatic rings. The van der Waals surface area contributed by atoms with Crippen LogP contribution in [0.2, 0.25) is 0 Å². The van der Waals surface area contributed by atoms with Crippen LogP contribution in [-0.4, -0.2) is 0 Å². The highest BCUT2D eigenvalue weighted by Crippen LogP contribution is 2.14. The molecule has 1 unspecified atom stereocenters. The van der Waals surface area contributed by atoms with Gasteiger partial charge in [0.05, 0.1) is 0 Å². The summed E-state index contributed by atoms with van der Waals surface area (Å²) in [5, 5.41) is 0. The van der Waals surface area contributed by atoms with Crippen molar-refractivity contribution in [3.63, 3.8) is 0 Å². The standard InChI is InChI=1S/C30H50/c1-25(2)15-11-19-29(7)23-13-21-27(5)17-9-10-18-28(6)22-14-24-30(8)20-12-16-26(3)4/h9,15-18,23-24,27H,10-14,19-22H2,1-8H3/b17-9+,28-18+,29-23-,30-24+. The van der Waals surface area contributed by atoms with Crippen molar-refractivity contribution in [1.29, 1.82) is 0 Å². The van der Waals surface area contributed by atoms with Crippen LogP contribution in [0.15, 0.2) is 70.4 Å². The lowest BCUT2D eigenvalue weighted by Crippen LogP contribution is -1.88. The van der Waals surface area contributed by atoms with Crippen molar-refractivity contribution in [2.75, 3.05) is 0 Å². The normalized spacial score (nSPS) is 14.2. The van der Waals surface area contributed by atoms with E-state index in [1.54, 1.807) is 0 Å². The summed E-state index contributed by atoms with van der Waals surface area (Å²) in [6, 6.07) is 0. The lowest BCUT2D eigenvalue weighted by atomic mass is 10.0. The van der Waals surface area contributed by atoms with Gasteiger partial charge in [0.25, 0.3) is 0 Å². The topological polar surface area (TPSA) is 0 Å². The molecule has 0 aromatic carbocycles. The van der Waals surface area contributed by atoms with Gasteiger partial charge >= 0.3 is 0 Å². The van der Waals surface area contributed by atoms with Gasteiger partial charge in [-0.05, 0) is 112 Å². The van der Waals surface area contributed by atoms with Crippen LogP contribution in [-0.2, 0) is 0 Å². The molecule has 30 heavy (non-hydrogen) atoms. The Bertz CT molecular complexity index is 623. The van der Waals surface area contributed by atoms with Crippen molar-refractivity contribution in [3.8, 4) is 0 Å². The first-order valence-electron chi connectivity index (χ1n) is 12.1. The van der Waals surface area contributed by atoms with Gasteiger partial charge < -0.3 is 0 Å². The van der Waals surface area contributed by atoms with Crippen LogP contribution in [0.3, 0.4) is 0 Å². The summed E-state index contributed by atoms with van der Waals surface area (Å²) in [6.07, 6.45) is 27.3. The zero-order valence-corrected chi connectivity index (χ0v) is 21.5. The van der Waals surface area contributed by atoms with Crippen molar-refractivity contribution in [2.45, 2.75) is 113 Å². The highest BCUT2D eigenvalue weighted by atomic mass is 14.0. The van der Waals surface area contributed by atoms with E-state index in [1.807, 2.05) is 0 Å². The lowest BCUT2D eigenvalue weighted by Gasteiger charge is -2.05. The fraction of sp³-hybridized carbons (Fsp3) is 0.600. The molecular formula is C30H50. The largest absolute Gasteiger partial charge is 0.0856 e. The first-order valence-corrected chi connectivity index (χ1v) is 12.1. The molecule has 170 valence electrons. The maximum Gasteiger partial charge on any atom is -0.0166 e. The molecular weight excluding hydrogens is 360 g/mol. The second-order valence-corrected chi connectivity index (χ2v) is 9.55. The van der Waals surface area contributed by atoms with Gasteiger partial charge in [0.2, 0.25) is 0 Å². The van der Waals surface area contributed by atoms with Crippen molar-refractivity contribution < 1.29 is 0 Å². The van der Waals surface area contributed by atoms with E-state index in [4.69, 9.17) is 0 Å². The molecule has 0 heterocycles. The Hall–Kier alpha value is -1.56. The van der Waals surface area contributed by atoms with Crippen LogP contribution < -0.4 is 0 Å². The maximum atomic E-state index is 2.43. The monoisotopic (exact) mass is 410 g/mol. The van der Waals surface area contributed by atoms with Crippen molar-refractivity contribution in [1.82, 2.24) is 0 Å². The van der Waals surface area contributed by atoms with E-state index < -0.39 is 0 Å². The van der Waals surface area contributed by atoms with Crippen LogP contribution >= 0.6 is 0 Å². The molecule has 0 rings (SSSR count). The van der Waals surface area contributed by atoms with Gasteiger partial charge in [-0.1, -0.05) is 77.3 Å². The molecule has 0 aliphatic heterocycles. The van der Waals surface area contributed by atoms with Gasteiger partial charge in [-0.3, -0.25) is 0 Å². The Labute approximate surface area is 189 Å². The molecule has 0 bridgehead atoms. The van der Waals surface area contributed by atoms with Crippen LogP contribution in [0.5, 0.6) is 0 Å². The zero-order chi connectivity index (χ0) is 22.8. The zero-order valence-electron chi connectivity index (χ0n) is 21.5. The minimum Gasteiger partial charge on any atom is -0.0856 e. The van der Waals surface area contributed by atoms with E-state index in [9.17, 15) is 0 Å². The summed E-state index contributed by atoms with van der Waals surface area (Å²) in [6.45, 7) is 17.8. The predicted molar refractivity (Wildman–Crippen MR) is 140 cm³/mol. The van der Waals surface area contributed by atoms with Crippen LogP contribution in [0.4, 0.5) is 0 Å². The Morgan fingerprint density at radius 3 is 1.50 bits per heavy atom. The molecule has 0 radical (unpaired) electrons. The predicted octanol–water partition coefficient (Wildman–Crippen LogP) is 10.5. The van der Waals surface area contributed by atoms with E-state index >= 15 is 0 Å². The lowest BCUT2D eigenvalue weighted by molar-refractivity contribution is 0.653. The van der Waals surface area contributed by atoms with E-state index in [0.29, 0.717) is 5.92 Å². The van der Waals surface area contributed by atoms with Crippen molar-refractivity contribution in [2.24, 2.45) is 5.92 Å². The number of allylic oxidation sites excluding steroid dienone is 12. The van der Waals surface area contributed by atoms with E-state index in [1.165, 1.54) is 79.2 Å². The molecule has 0 nitrogen and oxygen atoms in total. The summed E-state index contributed by atoms with van der Waals surface area (Å²) in [5.41, 5.74) is 7.41. The highest BCUT2D eigenvalue weighted by molar-refractivity contribution is 5.07. The van der Waals surface area contributed by atoms with Crippen LogP contribution in [0, 0.1) is 5.92 Å². The average Bonchev–Trinajstić information content (AvgIpc) is 2.64. The van der Waals surface area contributed by atoms with Crippen LogP contribution in [0.25, 0.3) is 0 Å². The van der Waals surface area contributed by atoms with Gasteiger partial charge in [-0.2, -0.15) is 0 Å². The fourth-order valence-electron chi connectivity index (χ4n) is 3.30. The Morgan fingerprint density at radius 2 is 1.00 bits per heavy atom. The summed E-state index contributed by atoms with van der Waals surface area (Å²) in [4.78, 5) is 0. The first-order chi connectivity index (χ1) is 14.2. The molecule has 0 saturated carbocycles. The number of hydrogen-bond acceptors (Lipinski definition) is 0. The molecule has 0 aliphatic carbocycles. The van der Waals surface area contributed by atoms with Gasteiger partial charge in [-0.15, -0.1) is 0 Å². The second-order valence-electron chi connectivity index (χ2n) is 9.55. The third-order valence-corrected chi connectivity index (χ3v) is 5.40. The minimum atomic E-state index is 0.659. The molecule has 1 atom stereocenters. The van der Waals surface area contributed by atoms with E-state index in [0.717, 1.165) is 6.42 Å². The van der Waals surface area contributed by atoms with Gasteiger partial charge in [0.15, 0.2) is 0 Å².